The summed E-state index contributed by atoms with van der Waals surface area (Å²) >= 11 is 6.07. The van der Waals surface area contributed by atoms with Crippen molar-refractivity contribution in [3.63, 3.8) is 0 Å². The molecule has 0 aliphatic rings. The topological polar surface area (TPSA) is 66.5 Å². The van der Waals surface area contributed by atoms with Gasteiger partial charge in [-0.3, -0.25) is 4.79 Å². The van der Waals surface area contributed by atoms with Crippen molar-refractivity contribution in [1.82, 2.24) is 9.62 Å². The lowest BCUT2D eigenvalue weighted by Crippen LogP contribution is -2.33. The van der Waals surface area contributed by atoms with E-state index in [0.29, 0.717) is 5.02 Å². The number of rotatable bonds is 6. The Kier molecular flexibility index (Phi) is 6.21. The summed E-state index contributed by atoms with van der Waals surface area (Å²) < 4.78 is 26.4. The maximum absolute atomic E-state index is 12.5. The third-order valence-electron chi connectivity index (χ3n) is 3.90. The lowest BCUT2D eigenvalue weighted by Gasteiger charge is -2.21. The van der Waals surface area contributed by atoms with Crippen LogP contribution in [0.15, 0.2) is 53.4 Å². The van der Waals surface area contributed by atoms with Gasteiger partial charge >= 0.3 is 0 Å². The molecule has 0 unspecified atom stereocenters. The fraction of sp³-hybridized carbons (Fsp3) is 0.278. The molecule has 0 saturated carbocycles. The van der Waals surface area contributed by atoms with Gasteiger partial charge in [0, 0.05) is 30.2 Å². The number of carbonyl (C=O) groups excluding carboxylic acids is 1. The van der Waals surface area contributed by atoms with Crippen LogP contribution in [0.25, 0.3) is 0 Å². The van der Waals surface area contributed by atoms with Gasteiger partial charge in [-0.25, -0.2) is 8.42 Å². The molecule has 2 rings (SSSR count). The highest BCUT2D eigenvalue weighted by atomic mass is 35.5. The van der Waals surface area contributed by atoms with Gasteiger partial charge in [-0.1, -0.05) is 35.9 Å². The predicted molar refractivity (Wildman–Crippen MR) is 99.1 cm³/mol. The number of halogens is 1. The summed E-state index contributed by atoms with van der Waals surface area (Å²) in [4.78, 5) is 12.4. The summed E-state index contributed by atoms with van der Waals surface area (Å²) in [6.45, 7) is 3.84. The molecular weight excluding hydrogens is 360 g/mol. The molecule has 0 aliphatic carbocycles. The molecule has 1 N–H and O–H groups in total. The zero-order valence-electron chi connectivity index (χ0n) is 14.4. The number of carbonyl (C=O) groups is 1. The van der Waals surface area contributed by atoms with E-state index in [1.165, 1.54) is 23.5 Å². The molecule has 1 amide bonds. The van der Waals surface area contributed by atoms with Crippen LogP contribution in [0.3, 0.4) is 0 Å². The Balaban J connectivity index is 2.18. The van der Waals surface area contributed by atoms with Gasteiger partial charge in [0.15, 0.2) is 0 Å². The third-order valence-corrected chi connectivity index (χ3v) is 6.30. The van der Waals surface area contributed by atoms with Crippen LogP contribution in [0.2, 0.25) is 5.02 Å². The number of benzene rings is 2. The van der Waals surface area contributed by atoms with Gasteiger partial charge in [0.25, 0.3) is 5.91 Å². The summed E-state index contributed by atoms with van der Waals surface area (Å²) in [6, 6.07) is 13.0. The van der Waals surface area contributed by atoms with Crippen molar-refractivity contribution in [3.05, 3.63) is 64.7 Å². The summed E-state index contributed by atoms with van der Waals surface area (Å²) in [7, 11) is -2.12. The number of hydrogen-bond acceptors (Lipinski definition) is 3. The second-order valence-electron chi connectivity index (χ2n) is 5.92. The van der Waals surface area contributed by atoms with E-state index in [0.717, 1.165) is 5.56 Å². The molecule has 0 spiro atoms. The van der Waals surface area contributed by atoms with E-state index < -0.39 is 10.0 Å². The number of hydrogen-bond donors (Lipinski definition) is 1. The molecular formula is C18H21ClN2O3S. The highest BCUT2D eigenvalue weighted by Gasteiger charge is 2.23. The first-order valence-electron chi connectivity index (χ1n) is 7.83. The molecule has 0 heterocycles. The molecule has 7 heteroatoms. The van der Waals surface area contributed by atoms with Crippen LogP contribution in [-0.2, 0) is 16.6 Å². The van der Waals surface area contributed by atoms with Crippen molar-refractivity contribution in [1.29, 1.82) is 0 Å². The third kappa shape index (κ3) is 4.60. The monoisotopic (exact) mass is 380 g/mol. The van der Waals surface area contributed by atoms with E-state index in [1.54, 1.807) is 32.0 Å². The number of nitrogens with one attached hydrogen (secondary N) is 1. The molecule has 134 valence electrons. The Hall–Kier alpha value is -1.89. The molecule has 2 aromatic carbocycles. The van der Waals surface area contributed by atoms with E-state index >= 15 is 0 Å². The Bertz CT molecular complexity index is 866. The van der Waals surface area contributed by atoms with Gasteiger partial charge in [0.2, 0.25) is 10.0 Å². The Morgan fingerprint density at radius 1 is 1.16 bits per heavy atom. The lowest BCUT2D eigenvalue weighted by atomic mass is 10.2. The van der Waals surface area contributed by atoms with Crippen molar-refractivity contribution in [2.24, 2.45) is 0 Å². The van der Waals surface area contributed by atoms with E-state index in [2.05, 4.69) is 5.32 Å². The Morgan fingerprint density at radius 3 is 2.48 bits per heavy atom. The SMILES string of the molecule is CC(C)N(C)S(=O)(=O)c1cccc(C(=O)NCc2ccccc2Cl)c1. The quantitative estimate of drug-likeness (QED) is 0.836. The van der Waals surface area contributed by atoms with Crippen LogP contribution >= 0.6 is 11.6 Å². The largest absolute Gasteiger partial charge is 0.348 e. The van der Waals surface area contributed by atoms with Gasteiger partial charge < -0.3 is 5.32 Å². The number of amides is 1. The molecule has 0 radical (unpaired) electrons. The molecule has 5 nitrogen and oxygen atoms in total. The first-order chi connectivity index (χ1) is 11.7. The summed E-state index contributed by atoms with van der Waals surface area (Å²) in [6.07, 6.45) is 0. The number of nitrogens with zero attached hydrogens (tertiary/aromatic N) is 1. The Labute approximate surface area is 153 Å². The minimum absolute atomic E-state index is 0.0918. The van der Waals surface area contributed by atoms with Crippen LogP contribution in [0.1, 0.15) is 29.8 Å². The molecule has 2 aromatic rings. The molecule has 0 fully saturated rings. The first kappa shape index (κ1) is 19.4. The van der Waals surface area contributed by atoms with Gasteiger partial charge in [0.05, 0.1) is 4.90 Å². The van der Waals surface area contributed by atoms with Gasteiger partial charge in [-0.2, -0.15) is 4.31 Å². The highest BCUT2D eigenvalue weighted by Crippen LogP contribution is 2.18. The van der Waals surface area contributed by atoms with Crippen LogP contribution in [0.5, 0.6) is 0 Å². The van der Waals surface area contributed by atoms with Crippen molar-refractivity contribution in [3.8, 4) is 0 Å². The van der Waals surface area contributed by atoms with Gasteiger partial charge in [0.1, 0.15) is 0 Å². The zero-order valence-corrected chi connectivity index (χ0v) is 15.9. The first-order valence-corrected chi connectivity index (χ1v) is 9.65. The van der Waals surface area contributed by atoms with Crippen molar-refractivity contribution >= 4 is 27.5 Å². The van der Waals surface area contributed by atoms with Crippen molar-refractivity contribution < 1.29 is 13.2 Å². The van der Waals surface area contributed by atoms with Crippen LogP contribution in [-0.4, -0.2) is 31.7 Å². The molecule has 25 heavy (non-hydrogen) atoms. The average molecular weight is 381 g/mol. The van der Waals surface area contributed by atoms with Crippen molar-refractivity contribution in [2.75, 3.05) is 7.05 Å². The molecule has 0 saturated heterocycles. The minimum atomic E-state index is -3.64. The fourth-order valence-corrected chi connectivity index (χ4v) is 3.78. The maximum atomic E-state index is 12.5. The van der Waals surface area contributed by atoms with Gasteiger partial charge in [-0.05, 0) is 43.7 Å². The van der Waals surface area contributed by atoms with Crippen LogP contribution in [0.4, 0.5) is 0 Å². The van der Waals surface area contributed by atoms with E-state index in [-0.39, 0.29) is 29.0 Å². The normalized spacial score (nSPS) is 11.8. The minimum Gasteiger partial charge on any atom is -0.348 e. The van der Waals surface area contributed by atoms with Crippen molar-refractivity contribution in [2.45, 2.75) is 31.3 Å². The summed E-state index contributed by atoms with van der Waals surface area (Å²) in [5, 5.41) is 3.32. The zero-order chi connectivity index (χ0) is 18.6. The molecule has 0 aliphatic heterocycles. The second kappa shape index (κ2) is 7.99. The van der Waals surface area contributed by atoms with E-state index in [4.69, 9.17) is 11.6 Å². The smallest absolute Gasteiger partial charge is 0.251 e. The maximum Gasteiger partial charge on any atom is 0.251 e. The standard InChI is InChI=1S/C18H21ClN2O3S/c1-13(2)21(3)25(23,24)16-9-6-8-14(11-16)18(22)20-12-15-7-4-5-10-17(15)19/h4-11,13H,12H2,1-3H3,(H,20,22). The highest BCUT2D eigenvalue weighted by molar-refractivity contribution is 7.89. The summed E-state index contributed by atoms with van der Waals surface area (Å²) in [5.41, 5.74) is 1.08. The van der Waals surface area contributed by atoms with Gasteiger partial charge in [-0.15, -0.1) is 0 Å². The van der Waals surface area contributed by atoms with E-state index in [1.807, 2.05) is 18.2 Å². The Morgan fingerprint density at radius 2 is 1.84 bits per heavy atom. The molecule has 0 atom stereocenters. The average Bonchev–Trinajstić information content (AvgIpc) is 2.60. The molecule has 0 aromatic heterocycles. The van der Waals surface area contributed by atoms with Crippen LogP contribution in [0, 0.1) is 0 Å². The summed E-state index contributed by atoms with van der Waals surface area (Å²) in [5.74, 6) is -0.357. The lowest BCUT2D eigenvalue weighted by molar-refractivity contribution is 0.0950. The van der Waals surface area contributed by atoms with Crippen LogP contribution < -0.4 is 5.32 Å². The fourth-order valence-electron chi connectivity index (χ4n) is 2.16. The van der Waals surface area contributed by atoms with E-state index in [9.17, 15) is 13.2 Å². The molecule has 0 bridgehead atoms. The second-order valence-corrected chi connectivity index (χ2v) is 8.32. The predicted octanol–water partition coefficient (Wildman–Crippen LogP) is 3.30. The number of sulfonamides is 1.